The van der Waals surface area contributed by atoms with E-state index < -0.39 is 135 Å². The molecule has 336 valence electrons. The zero-order valence-corrected chi connectivity index (χ0v) is 38.9. The predicted molar refractivity (Wildman–Crippen MR) is 201 cm³/mol. The maximum atomic E-state index is 14.5. The first-order chi connectivity index (χ1) is 27.2. The van der Waals surface area contributed by atoms with E-state index in [1.54, 1.807) is 6.92 Å². The molecule has 0 amide bonds. The molecule has 4 aliphatic carbocycles. The zero-order chi connectivity index (χ0) is 43.3. The van der Waals surface area contributed by atoms with E-state index in [2.05, 4.69) is 25.0 Å². The quantitative estimate of drug-likeness (QED) is 0.0407. The third-order valence-electron chi connectivity index (χ3n) is 16.9. The fourth-order valence-electron chi connectivity index (χ4n) is 13.7. The summed E-state index contributed by atoms with van der Waals surface area (Å²) in [5, 5.41) is 68.1. The van der Waals surface area contributed by atoms with Gasteiger partial charge in [-0.2, -0.15) is 0 Å². The second kappa shape index (κ2) is 15.4. The van der Waals surface area contributed by atoms with Gasteiger partial charge >= 0.3 is 35.5 Å². The molecule has 8 aliphatic rings. The van der Waals surface area contributed by atoms with Crippen LogP contribution in [-0.2, 0) is 47.8 Å². The van der Waals surface area contributed by atoms with Crippen LogP contribution >= 0.6 is 0 Å². The molecule has 3 unspecified atom stereocenters. The van der Waals surface area contributed by atoms with Gasteiger partial charge in [0.25, 0.3) is 0 Å². The Morgan fingerprint density at radius 1 is 0.833 bits per heavy atom. The molecule has 19 heteroatoms. The van der Waals surface area contributed by atoms with Gasteiger partial charge in [-0.25, -0.2) is 8.42 Å². The summed E-state index contributed by atoms with van der Waals surface area (Å²) >= 11 is 0. The van der Waals surface area contributed by atoms with E-state index in [0.29, 0.717) is 38.5 Å². The van der Waals surface area contributed by atoms with Gasteiger partial charge in [0.15, 0.2) is 18.2 Å². The summed E-state index contributed by atoms with van der Waals surface area (Å²) in [5.74, 6) is -0.763. The van der Waals surface area contributed by atoms with Gasteiger partial charge in [0.2, 0.25) is 10.4 Å². The number of aliphatic hydroxyl groups is 6. The van der Waals surface area contributed by atoms with Crippen molar-refractivity contribution in [3.05, 3.63) is 11.6 Å². The van der Waals surface area contributed by atoms with E-state index in [4.69, 9.17) is 28.4 Å². The molecule has 0 aromatic heterocycles. The molecule has 6 N–H and O–H groups in total. The van der Waals surface area contributed by atoms with Gasteiger partial charge < -0.3 is 63.6 Å². The van der Waals surface area contributed by atoms with Crippen LogP contribution in [-0.4, -0.2) is 147 Å². The molecule has 7 fully saturated rings. The zero-order valence-electron chi connectivity index (χ0n) is 36.1. The van der Waals surface area contributed by atoms with Crippen molar-refractivity contribution in [2.45, 2.75) is 197 Å². The van der Waals surface area contributed by atoms with Gasteiger partial charge in [-0.1, -0.05) is 39.3 Å². The molecule has 4 heterocycles. The molecule has 3 saturated carbocycles. The Hall–Kier alpha value is -0.360. The van der Waals surface area contributed by atoms with Crippen LogP contribution in [0.1, 0.15) is 107 Å². The summed E-state index contributed by atoms with van der Waals surface area (Å²) < 4.78 is 76.1. The number of rotatable bonds is 7. The number of carbonyl (C=O) groups is 1. The van der Waals surface area contributed by atoms with Gasteiger partial charge in [0, 0.05) is 0 Å². The maximum Gasteiger partial charge on any atom is 1.00 e. The van der Waals surface area contributed by atoms with Gasteiger partial charge in [0.1, 0.15) is 53.7 Å². The smallest absolute Gasteiger partial charge is 0.726 e. The summed E-state index contributed by atoms with van der Waals surface area (Å²) in [4.78, 5) is 14.5. The first-order valence-electron chi connectivity index (χ1n) is 21.2. The van der Waals surface area contributed by atoms with Crippen LogP contribution in [0.15, 0.2) is 11.6 Å². The average Bonchev–Trinajstić information content (AvgIpc) is 3.70. The Labute approximate surface area is 374 Å². The largest absolute Gasteiger partial charge is 1.00 e. The average molecular weight is 883 g/mol. The Balaban J connectivity index is 0.00000544. The summed E-state index contributed by atoms with van der Waals surface area (Å²) in [7, 11) is -5.29. The Morgan fingerprint density at radius 2 is 1.52 bits per heavy atom. The van der Waals surface area contributed by atoms with Crippen LogP contribution in [0.3, 0.4) is 0 Å². The van der Waals surface area contributed by atoms with Crippen LogP contribution in [0, 0.1) is 33.5 Å². The molecule has 4 aliphatic heterocycles. The molecule has 0 aromatic carbocycles. The second-order valence-electron chi connectivity index (χ2n) is 20.7. The topological polar surface area (TPSA) is 260 Å². The minimum absolute atomic E-state index is 0. The molecule has 4 saturated heterocycles. The minimum atomic E-state index is -5.29. The van der Waals surface area contributed by atoms with Gasteiger partial charge in [-0.05, 0) is 107 Å². The van der Waals surface area contributed by atoms with Crippen molar-refractivity contribution in [2.75, 3.05) is 6.61 Å². The summed E-state index contributed by atoms with van der Waals surface area (Å²) in [5.41, 5.74) is -5.93. The molecular formula is C41H63NaO17S. The molecular weight excluding hydrogens is 819 g/mol. The second-order valence-corrected chi connectivity index (χ2v) is 21.7. The van der Waals surface area contributed by atoms with E-state index in [9.17, 15) is 48.4 Å². The van der Waals surface area contributed by atoms with E-state index >= 15 is 0 Å². The van der Waals surface area contributed by atoms with E-state index in [1.165, 1.54) is 6.92 Å². The standard InChI is InChI=1S/C41H64O17S.Na/c1-19-27(43)29(45)30(46)32(53-19)55-31-28(44)22(58-59(49,50)51)18-52-33(31)54-25-12-14-37(6)21-17-24(42)41-34(47)57-39(8,26-11-13-35(2,3)56-26)40(41,48)16-15-38(41,7)20(21)9-10-23(37)36(25,4)5;/h17,19-20,22-33,42-46,48H,9-16,18H2,1-8H3,(H,49,50,51);/q;+1/p-1/t19-,20-,22-,23+,24-,25+,26?,27-,28+,29+,30-,31-,32+,33+,37-,38+,39?,40+,41?;/m1./s1. The van der Waals surface area contributed by atoms with Crippen LogP contribution in [0.2, 0.25) is 0 Å². The molecule has 60 heavy (non-hydrogen) atoms. The molecule has 8 rings (SSSR count). The molecule has 19 atom stereocenters. The Bertz CT molecular complexity index is 1830. The maximum absolute atomic E-state index is 14.5. The summed E-state index contributed by atoms with van der Waals surface area (Å²) in [6.07, 6.45) is -10.0. The minimum Gasteiger partial charge on any atom is -0.726 e. The van der Waals surface area contributed by atoms with Crippen LogP contribution in [0.5, 0.6) is 0 Å². The van der Waals surface area contributed by atoms with Crippen LogP contribution in [0.4, 0.5) is 0 Å². The number of aliphatic hydroxyl groups excluding tert-OH is 5. The number of hydrogen-bond acceptors (Lipinski definition) is 17. The number of ether oxygens (including phenoxy) is 6. The predicted octanol–water partition coefficient (Wildman–Crippen LogP) is -1.90. The SMILES string of the molecule is C[C@H]1O[C@@H](O[C@H]2[C@H](O[C@H]3CC[C@]4(C)C5=C[C@@H](O)C67C(=O)OC(C)(C8CCC(C)(C)O8)[C@@]6(O)CC[C@@]7(C)[C@@H]5CC[C@H]4C3(C)C)OC[C@@H](OS(=O)(=O)[O-])[C@@H]2O)[C@H](O)[C@@H](O)[C@@H]1O.[Na+]. The fraction of sp³-hybridized carbons (Fsp3) is 0.927. The van der Waals surface area contributed by atoms with Crippen molar-refractivity contribution in [3.8, 4) is 0 Å². The third kappa shape index (κ3) is 6.66. The van der Waals surface area contributed by atoms with E-state index in [1.807, 2.05) is 26.8 Å². The first kappa shape index (κ1) is 47.6. The van der Waals surface area contributed by atoms with Crippen LogP contribution < -0.4 is 29.6 Å². The molecule has 0 bridgehead atoms. The number of allylic oxidation sites excluding steroid dienone is 1. The molecule has 17 nitrogen and oxygen atoms in total. The van der Waals surface area contributed by atoms with Gasteiger partial charge in [-0.3, -0.25) is 8.98 Å². The Morgan fingerprint density at radius 3 is 2.15 bits per heavy atom. The molecule has 0 aromatic rings. The van der Waals surface area contributed by atoms with Crippen molar-refractivity contribution >= 4 is 16.4 Å². The first-order valence-corrected chi connectivity index (χ1v) is 22.5. The normalized spacial score (nSPS) is 53.2. The van der Waals surface area contributed by atoms with E-state index in [-0.39, 0.29) is 47.8 Å². The monoisotopic (exact) mass is 882 g/mol. The van der Waals surface area contributed by atoms with Crippen molar-refractivity contribution in [3.63, 3.8) is 0 Å². The number of cyclic esters (lactones) is 1. The number of carbonyl (C=O) groups excluding carboxylic acids is 1. The number of hydrogen-bond donors (Lipinski definition) is 6. The fourth-order valence-corrected chi connectivity index (χ4v) is 14.2. The van der Waals surface area contributed by atoms with Gasteiger partial charge in [-0.15, -0.1) is 0 Å². The van der Waals surface area contributed by atoms with Crippen molar-refractivity contribution < 1.29 is 111 Å². The van der Waals surface area contributed by atoms with Gasteiger partial charge in [0.05, 0.1) is 30.5 Å². The third-order valence-corrected chi connectivity index (χ3v) is 17.4. The summed E-state index contributed by atoms with van der Waals surface area (Å²) in [6.45, 7) is 15.0. The van der Waals surface area contributed by atoms with Crippen molar-refractivity contribution in [2.24, 2.45) is 33.5 Å². The molecule has 0 radical (unpaired) electrons. The summed E-state index contributed by atoms with van der Waals surface area (Å²) in [6, 6.07) is 0. The molecule has 1 spiro atoms. The number of fused-ring (bicyclic) bond motifs is 4. The van der Waals surface area contributed by atoms with E-state index in [0.717, 1.165) is 12.0 Å². The number of esters is 1. The van der Waals surface area contributed by atoms with Crippen molar-refractivity contribution in [1.82, 2.24) is 0 Å². The van der Waals surface area contributed by atoms with Crippen LogP contribution in [0.25, 0.3) is 0 Å². The Kier molecular flexibility index (Phi) is 12.2. The van der Waals surface area contributed by atoms with Crippen molar-refractivity contribution in [1.29, 1.82) is 0 Å².